The van der Waals surface area contributed by atoms with Gasteiger partial charge in [-0.3, -0.25) is 5.32 Å². The highest BCUT2D eigenvalue weighted by Crippen LogP contribution is 2.26. The number of benzene rings is 1. The summed E-state index contributed by atoms with van der Waals surface area (Å²) >= 11 is 3.11. The second kappa shape index (κ2) is 5.30. The molecule has 0 radical (unpaired) electrons. The lowest BCUT2D eigenvalue weighted by molar-refractivity contribution is -0.144. The zero-order valence-electron chi connectivity index (χ0n) is 9.13. The van der Waals surface area contributed by atoms with Gasteiger partial charge in [-0.15, -0.1) is 6.42 Å². The van der Waals surface area contributed by atoms with Crippen molar-refractivity contribution in [2.24, 2.45) is 0 Å². The van der Waals surface area contributed by atoms with Crippen LogP contribution in [0, 0.1) is 18.2 Å². The highest BCUT2D eigenvalue weighted by atomic mass is 79.9. The molecule has 0 heterocycles. The molecular weight excluding hydrogens is 289 g/mol. The second-order valence-corrected chi connectivity index (χ2v) is 4.53. The number of hydrogen-bond donors (Lipinski definition) is 2. The molecule has 1 rings (SSSR count). The second-order valence-electron chi connectivity index (χ2n) is 3.61. The first-order valence-corrected chi connectivity index (χ1v) is 5.58. The van der Waals surface area contributed by atoms with Gasteiger partial charge >= 0.3 is 5.97 Å². The maximum Gasteiger partial charge on any atom is 0.328 e. The van der Waals surface area contributed by atoms with E-state index in [1.807, 2.05) is 0 Å². The van der Waals surface area contributed by atoms with Crippen LogP contribution >= 0.6 is 15.9 Å². The fourth-order valence-corrected chi connectivity index (χ4v) is 1.74. The molecule has 2 N–H and O–H groups in total. The molecular formula is C12H11BrFNO2. The van der Waals surface area contributed by atoms with Crippen LogP contribution in [0.5, 0.6) is 0 Å². The van der Waals surface area contributed by atoms with Crippen molar-refractivity contribution in [2.75, 3.05) is 6.54 Å². The molecule has 1 atom stereocenters. The first-order valence-electron chi connectivity index (χ1n) is 4.79. The summed E-state index contributed by atoms with van der Waals surface area (Å²) in [6.45, 7) is 1.41. The summed E-state index contributed by atoms with van der Waals surface area (Å²) in [6.07, 6.45) is 5.07. The molecule has 0 bridgehead atoms. The van der Waals surface area contributed by atoms with Crippen LogP contribution in [0.25, 0.3) is 0 Å². The first-order chi connectivity index (χ1) is 7.91. The van der Waals surface area contributed by atoms with Crippen molar-refractivity contribution in [1.29, 1.82) is 0 Å². The van der Waals surface area contributed by atoms with E-state index in [-0.39, 0.29) is 12.1 Å². The molecule has 5 heteroatoms. The Kier molecular flexibility index (Phi) is 4.27. The van der Waals surface area contributed by atoms with Gasteiger partial charge in [0.05, 0.1) is 6.54 Å². The third kappa shape index (κ3) is 2.84. The number of halogens is 2. The largest absolute Gasteiger partial charge is 0.480 e. The average Bonchev–Trinajstić information content (AvgIpc) is 2.25. The molecule has 1 unspecified atom stereocenters. The van der Waals surface area contributed by atoms with E-state index >= 15 is 0 Å². The van der Waals surface area contributed by atoms with Crippen molar-refractivity contribution >= 4 is 21.9 Å². The standard InChI is InChI=1S/C12H11BrFNO2/c1-3-6-15-12(2,11(16)17)9-5-4-8(13)7-10(9)14/h1,4-5,7,15H,6H2,2H3,(H,16,17). The zero-order valence-corrected chi connectivity index (χ0v) is 10.7. The van der Waals surface area contributed by atoms with Gasteiger partial charge in [-0.25, -0.2) is 9.18 Å². The number of aliphatic carboxylic acids is 1. The molecule has 1 aromatic rings. The summed E-state index contributed by atoms with van der Waals surface area (Å²) in [4.78, 5) is 11.3. The van der Waals surface area contributed by atoms with E-state index in [0.29, 0.717) is 4.47 Å². The predicted octanol–water partition coefficient (Wildman–Crippen LogP) is 2.11. The summed E-state index contributed by atoms with van der Waals surface area (Å²) in [5.74, 6) is 0.484. The third-order valence-electron chi connectivity index (χ3n) is 2.44. The maximum atomic E-state index is 13.7. The SMILES string of the molecule is C#CCNC(C)(C(=O)O)c1ccc(Br)cc1F. The molecule has 3 nitrogen and oxygen atoms in total. The number of carboxylic acids is 1. The zero-order chi connectivity index (χ0) is 13.1. The first kappa shape index (κ1) is 13.7. The number of hydrogen-bond acceptors (Lipinski definition) is 2. The van der Waals surface area contributed by atoms with Crippen molar-refractivity contribution in [3.05, 3.63) is 34.1 Å². The normalized spacial score (nSPS) is 13.8. The Labute approximate surface area is 107 Å². The summed E-state index contributed by atoms with van der Waals surface area (Å²) in [5, 5.41) is 11.8. The van der Waals surface area contributed by atoms with Crippen LogP contribution in [0.15, 0.2) is 22.7 Å². The van der Waals surface area contributed by atoms with E-state index in [2.05, 4.69) is 27.2 Å². The van der Waals surface area contributed by atoms with Gasteiger partial charge in [0.1, 0.15) is 11.4 Å². The quantitative estimate of drug-likeness (QED) is 0.837. The van der Waals surface area contributed by atoms with Gasteiger partial charge in [-0.2, -0.15) is 0 Å². The molecule has 0 aliphatic heterocycles. The van der Waals surface area contributed by atoms with Gasteiger partial charge in [-0.05, 0) is 19.1 Å². The summed E-state index contributed by atoms with van der Waals surface area (Å²) < 4.78 is 14.3. The average molecular weight is 300 g/mol. The van der Waals surface area contributed by atoms with E-state index in [0.717, 1.165) is 0 Å². The van der Waals surface area contributed by atoms with Crippen LogP contribution in [0.3, 0.4) is 0 Å². The Morgan fingerprint density at radius 1 is 1.71 bits per heavy atom. The van der Waals surface area contributed by atoms with Gasteiger partial charge < -0.3 is 5.11 Å². The monoisotopic (exact) mass is 299 g/mol. The third-order valence-corrected chi connectivity index (χ3v) is 2.93. The Balaban J connectivity index is 3.23. The highest BCUT2D eigenvalue weighted by Gasteiger charge is 2.36. The van der Waals surface area contributed by atoms with Gasteiger partial charge in [0, 0.05) is 10.0 Å². The van der Waals surface area contributed by atoms with Gasteiger partial charge in [-0.1, -0.05) is 27.9 Å². The molecule has 0 amide bonds. The molecule has 0 fully saturated rings. The van der Waals surface area contributed by atoms with Crippen LogP contribution in [-0.4, -0.2) is 17.6 Å². The lowest BCUT2D eigenvalue weighted by Gasteiger charge is -2.26. The molecule has 0 saturated carbocycles. The fourth-order valence-electron chi connectivity index (χ4n) is 1.41. The number of carbonyl (C=O) groups is 1. The molecule has 0 aliphatic rings. The van der Waals surface area contributed by atoms with Crippen LogP contribution in [0.1, 0.15) is 12.5 Å². The van der Waals surface area contributed by atoms with Crippen LogP contribution in [-0.2, 0) is 10.3 Å². The molecule has 17 heavy (non-hydrogen) atoms. The topological polar surface area (TPSA) is 49.3 Å². The van der Waals surface area contributed by atoms with Gasteiger partial charge in [0.25, 0.3) is 0 Å². The molecule has 0 aromatic heterocycles. The van der Waals surface area contributed by atoms with Crippen molar-refractivity contribution in [2.45, 2.75) is 12.5 Å². The summed E-state index contributed by atoms with van der Waals surface area (Å²) in [6, 6.07) is 4.21. The summed E-state index contributed by atoms with van der Waals surface area (Å²) in [7, 11) is 0. The minimum Gasteiger partial charge on any atom is -0.480 e. The predicted molar refractivity (Wildman–Crippen MR) is 65.9 cm³/mol. The maximum absolute atomic E-state index is 13.7. The Morgan fingerprint density at radius 3 is 2.82 bits per heavy atom. The van der Waals surface area contributed by atoms with Crippen LogP contribution < -0.4 is 5.32 Å². The van der Waals surface area contributed by atoms with E-state index < -0.39 is 17.3 Å². The van der Waals surface area contributed by atoms with Crippen LogP contribution in [0.2, 0.25) is 0 Å². The number of nitrogens with one attached hydrogen (secondary N) is 1. The lowest BCUT2D eigenvalue weighted by Crippen LogP contribution is -2.47. The smallest absolute Gasteiger partial charge is 0.328 e. The van der Waals surface area contributed by atoms with E-state index in [4.69, 9.17) is 6.42 Å². The van der Waals surface area contributed by atoms with Crippen molar-refractivity contribution < 1.29 is 14.3 Å². The molecule has 0 spiro atoms. The van der Waals surface area contributed by atoms with E-state index in [9.17, 15) is 14.3 Å². The van der Waals surface area contributed by atoms with Crippen LogP contribution in [0.4, 0.5) is 4.39 Å². The lowest BCUT2D eigenvalue weighted by atomic mass is 9.91. The molecule has 90 valence electrons. The Hall–Kier alpha value is -1.38. The Morgan fingerprint density at radius 2 is 2.35 bits per heavy atom. The van der Waals surface area contributed by atoms with E-state index in [1.165, 1.54) is 19.1 Å². The number of rotatable bonds is 4. The number of carboxylic acid groups (broad SMARTS) is 1. The van der Waals surface area contributed by atoms with Gasteiger partial charge in [0.2, 0.25) is 0 Å². The molecule has 1 aromatic carbocycles. The van der Waals surface area contributed by atoms with Gasteiger partial charge in [0.15, 0.2) is 0 Å². The number of terminal acetylenes is 1. The summed E-state index contributed by atoms with van der Waals surface area (Å²) in [5.41, 5.74) is -1.50. The molecule has 0 saturated heterocycles. The Bertz CT molecular complexity index is 484. The van der Waals surface area contributed by atoms with Crippen molar-refractivity contribution in [1.82, 2.24) is 5.32 Å². The van der Waals surface area contributed by atoms with E-state index in [1.54, 1.807) is 6.07 Å². The molecule has 0 aliphatic carbocycles. The minimum absolute atomic E-state index is 0.0400. The fraction of sp³-hybridized carbons (Fsp3) is 0.250. The highest BCUT2D eigenvalue weighted by molar-refractivity contribution is 9.10. The minimum atomic E-state index is -1.54. The van der Waals surface area contributed by atoms with Crippen molar-refractivity contribution in [3.63, 3.8) is 0 Å². The van der Waals surface area contributed by atoms with Crippen molar-refractivity contribution in [3.8, 4) is 12.3 Å².